The predicted octanol–water partition coefficient (Wildman–Crippen LogP) is 2.09. The highest BCUT2D eigenvalue weighted by Crippen LogP contribution is 2.24. The molecule has 158 valence electrons. The van der Waals surface area contributed by atoms with Crippen molar-refractivity contribution in [1.29, 1.82) is 0 Å². The largest absolute Gasteiger partial charge is 0.497 e. The van der Waals surface area contributed by atoms with Gasteiger partial charge in [-0.15, -0.1) is 0 Å². The van der Waals surface area contributed by atoms with E-state index in [-0.39, 0.29) is 30.3 Å². The highest BCUT2D eigenvalue weighted by molar-refractivity contribution is 7.89. The molecular formula is C20H26N2O6S. The highest BCUT2D eigenvalue weighted by Gasteiger charge is 2.14. The van der Waals surface area contributed by atoms with Crippen LogP contribution in [0.25, 0.3) is 0 Å². The first-order valence-corrected chi connectivity index (χ1v) is 10.6. The van der Waals surface area contributed by atoms with Crippen LogP contribution in [-0.4, -0.2) is 41.7 Å². The number of carbonyl (C=O) groups excluding carboxylic acids is 1. The molecule has 0 fully saturated rings. The number of benzene rings is 2. The molecule has 0 aliphatic carbocycles. The lowest BCUT2D eigenvalue weighted by atomic mass is 10.2. The molecule has 0 atom stereocenters. The third-order valence-corrected chi connectivity index (χ3v) is 5.54. The van der Waals surface area contributed by atoms with Crippen LogP contribution in [-0.2, 0) is 21.4 Å². The van der Waals surface area contributed by atoms with E-state index >= 15 is 0 Å². The monoisotopic (exact) mass is 422 g/mol. The van der Waals surface area contributed by atoms with Crippen LogP contribution in [0.15, 0.2) is 47.4 Å². The number of hydrogen-bond donors (Lipinski definition) is 2. The average Bonchev–Trinajstić information content (AvgIpc) is 2.72. The fourth-order valence-electron chi connectivity index (χ4n) is 2.54. The van der Waals surface area contributed by atoms with Crippen LogP contribution >= 0.6 is 0 Å². The van der Waals surface area contributed by atoms with E-state index in [2.05, 4.69) is 10.0 Å². The second kappa shape index (κ2) is 10.7. The molecule has 0 bridgehead atoms. The van der Waals surface area contributed by atoms with E-state index in [0.717, 1.165) is 5.56 Å². The fourth-order valence-corrected chi connectivity index (χ4v) is 3.58. The molecule has 0 aliphatic rings. The smallest absolute Gasteiger partial charge is 0.240 e. The lowest BCUT2D eigenvalue weighted by molar-refractivity contribution is -0.121. The topological polar surface area (TPSA) is 103 Å². The first kappa shape index (κ1) is 22.5. The third-order valence-electron chi connectivity index (χ3n) is 4.06. The molecule has 2 rings (SSSR count). The molecule has 0 unspecified atom stereocenters. The van der Waals surface area contributed by atoms with Gasteiger partial charge in [-0.2, -0.15) is 0 Å². The first-order chi connectivity index (χ1) is 13.9. The van der Waals surface area contributed by atoms with E-state index in [4.69, 9.17) is 14.2 Å². The van der Waals surface area contributed by atoms with E-state index in [1.54, 1.807) is 37.4 Å². The van der Waals surface area contributed by atoms with Crippen molar-refractivity contribution in [2.75, 3.05) is 27.4 Å². The number of rotatable bonds is 11. The van der Waals surface area contributed by atoms with Gasteiger partial charge in [0.25, 0.3) is 0 Å². The van der Waals surface area contributed by atoms with Gasteiger partial charge in [0, 0.05) is 31.1 Å². The Morgan fingerprint density at radius 1 is 1.00 bits per heavy atom. The number of ether oxygens (including phenoxy) is 3. The predicted molar refractivity (Wildman–Crippen MR) is 109 cm³/mol. The Balaban J connectivity index is 1.83. The summed E-state index contributed by atoms with van der Waals surface area (Å²) in [4.78, 5) is 12.2. The minimum absolute atomic E-state index is 0.00866. The summed E-state index contributed by atoms with van der Waals surface area (Å²) in [5.41, 5.74) is 0.789. The van der Waals surface area contributed by atoms with Gasteiger partial charge in [-0.25, -0.2) is 13.1 Å². The van der Waals surface area contributed by atoms with Gasteiger partial charge in [0.1, 0.15) is 17.2 Å². The van der Waals surface area contributed by atoms with Crippen molar-refractivity contribution in [3.8, 4) is 17.2 Å². The zero-order valence-corrected chi connectivity index (χ0v) is 17.5. The maximum atomic E-state index is 12.3. The van der Waals surface area contributed by atoms with Crippen LogP contribution in [0.1, 0.15) is 18.9 Å². The van der Waals surface area contributed by atoms with Crippen LogP contribution < -0.4 is 24.2 Å². The van der Waals surface area contributed by atoms with Crippen LogP contribution in [0.4, 0.5) is 0 Å². The van der Waals surface area contributed by atoms with Gasteiger partial charge in [0.2, 0.25) is 15.9 Å². The van der Waals surface area contributed by atoms with Gasteiger partial charge in [-0.1, -0.05) is 0 Å². The van der Waals surface area contributed by atoms with Crippen molar-refractivity contribution in [2.45, 2.75) is 24.8 Å². The molecule has 0 radical (unpaired) electrons. The second-order valence-electron chi connectivity index (χ2n) is 6.01. The maximum Gasteiger partial charge on any atom is 0.240 e. The molecule has 0 heterocycles. The summed E-state index contributed by atoms with van der Waals surface area (Å²) in [7, 11) is -0.595. The van der Waals surface area contributed by atoms with E-state index in [9.17, 15) is 13.2 Å². The Morgan fingerprint density at radius 3 is 2.31 bits per heavy atom. The van der Waals surface area contributed by atoms with Crippen molar-refractivity contribution in [3.63, 3.8) is 0 Å². The molecule has 29 heavy (non-hydrogen) atoms. The zero-order valence-electron chi connectivity index (χ0n) is 16.7. The van der Waals surface area contributed by atoms with Gasteiger partial charge in [0.05, 0.1) is 25.7 Å². The minimum Gasteiger partial charge on any atom is -0.497 e. The third kappa shape index (κ3) is 6.65. The molecule has 9 heteroatoms. The van der Waals surface area contributed by atoms with E-state index < -0.39 is 10.0 Å². The van der Waals surface area contributed by atoms with Crippen LogP contribution in [0, 0.1) is 0 Å². The number of carbonyl (C=O) groups is 1. The van der Waals surface area contributed by atoms with E-state index in [1.807, 2.05) is 6.92 Å². The average molecular weight is 423 g/mol. The summed E-state index contributed by atoms with van der Waals surface area (Å²) in [5.74, 6) is 1.57. The van der Waals surface area contributed by atoms with Crippen LogP contribution in [0.3, 0.4) is 0 Å². The molecule has 0 saturated carbocycles. The number of methoxy groups -OCH3 is 2. The van der Waals surface area contributed by atoms with Gasteiger partial charge >= 0.3 is 0 Å². The van der Waals surface area contributed by atoms with Crippen LogP contribution in [0.5, 0.6) is 17.2 Å². The maximum absolute atomic E-state index is 12.3. The molecular weight excluding hydrogens is 396 g/mol. The number of nitrogens with one attached hydrogen (secondary N) is 2. The Hall–Kier alpha value is -2.78. The number of sulfonamides is 1. The summed E-state index contributed by atoms with van der Waals surface area (Å²) in [6.45, 7) is 2.60. The summed E-state index contributed by atoms with van der Waals surface area (Å²) in [5, 5.41) is 2.75. The molecule has 0 aliphatic heterocycles. The standard InChI is InChI=1S/C20H26N2O6S/c1-4-28-16-7-9-18(10-8-16)29(24,25)22-12-11-20(23)21-14-15-5-6-17(26-2)13-19(15)27-3/h5-10,13,22H,4,11-12,14H2,1-3H3,(H,21,23). The van der Waals surface area contributed by atoms with E-state index in [1.165, 1.54) is 19.2 Å². The van der Waals surface area contributed by atoms with Crippen molar-refractivity contribution >= 4 is 15.9 Å². The summed E-state index contributed by atoms with van der Waals surface area (Å²) < 4.78 is 42.7. The van der Waals surface area contributed by atoms with Crippen molar-refractivity contribution in [2.24, 2.45) is 0 Å². The quantitative estimate of drug-likeness (QED) is 0.575. The lowest BCUT2D eigenvalue weighted by Crippen LogP contribution is -2.30. The fraction of sp³-hybridized carbons (Fsp3) is 0.350. The molecule has 0 aromatic heterocycles. The van der Waals surface area contributed by atoms with Crippen LogP contribution in [0.2, 0.25) is 0 Å². The summed E-state index contributed by atoms with van der Waals surface area (Å²) in [6.07, 6.45) is 0.00866. The Bertz CT molecular complexity index is 913. The Labute approximate surface area is 171 Å². The second-order valence-corrected chi connectivity index (χ2v) is 7.77. The molecule has 2 aromatic carbocycles. The van der Waals surface area contributed by atoms with E-state index in [0.29, 0.717) is 23.9 Å². The van der Waals surface area contributed by atoms with Crippen molar-refractivity contribution < 1.29 is 27.4 Å². The summed E-state index contributed by atoms with van der Waals surface area (Å²) >= 11 is 0. The van der Waals surface area contributed by atoms with Gasteiger partial charge in [-0.3, -0.25) is 4.79 Å². The van der Waals surface area contributed by atoms with Crippen molar-refractivity contribution in [1.82, 2.24) is 10.0 Å². The normalized spacial score (nSPS) is 11.0. The van der Waals surface area contributed by atoms with Gasteiger partial charge in [0.15, 0.2) is 0 Å². The Morgan fingerprint density at radius 2 is 1.69 bits per heavy atom. The SMILES string of the molecule is CCOc1ccc(S(=O)(=O)NCCC(=O)NCc2ccc(OC)cc2OC)cc1. The molecule has 0 spiro atoms. The zero-order chi connectivity index (χ0) is 21.3. The lowest BCUT2D eigenvalue weighted by Gasteiger charge is -2.12. The molecule has 1 amide bonds. The van der Waals surface area contributed by atoms with Gasteiger partial charge in [-0.05, 0) is 43.3 Å². The summed E-state index contributed by atoms with van der Waals surface area (Å²) in [6, 6.07) is 11.4. The minimum atomic E-state index is -3.69. The first-order valence-electron chi connectivity index (χ1n) is 9.09. The number of hydrogen-bond acceptors (Lipinski definition) is 6. The van der Waals surface area contributed by atoms with Crippen molar-refractivity contribution in [3.05, 3.63) is 48.0 Å². The molecule has 8 nitrogen and oxygen atoms in total. The number of amides is 1. The highest BCUT2D eigenvalue weighted by atomic mass is 32.2. The molecule has 2 N–H and O–H groups in total. The Kier molecular flexibility index (Phi) is 8.29. The van der Waals surface area contributed by atoms with Gasteiger partial charge < -0.3 is 19.5 Å². The molecule has 2 aromatic rings. The molecule has 0 saturated heterocycles.